The molecule has 5 rings (SSSR count). The molecule has 2 N–H and O–H groups in total. The van der Waals surface area contributed by atoms with E-state index in [1.165, 1.54) is 0 Å². The summed E-state index contributed by atoms with van der Waals surface area (Å²) in [6.45, 7) is 2.67. The molecule has 0 aromatic heterocycles. The van der Waals surface area contributed by atoms with Gasteiger partial charge in [-0.15, -0.1) is 0 Å². The Labute approximate surface area is 137 Å². The molecule has 4 saturated carbocycles. The number of alkyl halides is 1. The van der Waals surface area contributed by atoms with Crippen LogP contribution >= 0.6 is 0 Å². The Morgan fingerprint density at radius 2 is 1.96 bits per heavy atom. The highest BCUT2D eigenvalue weighted by Gasteiger charge is 2.61. The number of amides is 1. The summed E-state index contributed by atoms with van der Waals surface area (Å²) in [5.41, 5.74) is 4.97. The first-order chi connectivity index (χ1) is 10.8. The van der Waals surface area contributed by atoms with Gasteiger partial charge in [0.15, 0.2) is 0 Å². The van der Waals surface area contributed by atoms with E-state index in [4.69, 9.17) is 5.73 Å². The van der Waals surface area contributed by atoms with E-state index in [1.807, 2.05) is 0 Å². The second-order valence-electron chi connectivity index (χ2n) is 8.93. The van der Waals surface area contributed by atoms with E-state index in [2.05, 4.69) is 13.0 Å². The number of carbonyl (C=O) groups is 1. The number of hydrogen-bond acceptors (Lipinski definition) is 3. The molecule has 5 fully saturated rings. The van der Waals surface area contributed by atoms with Gasteiger partial charge < -0.3 is 10.6 Å². The van der Waals surface area contributed by atoms with Gasteiger partial charge in [-0.05, 0) is 68.1 Å². The van der Waals surface area contributed by atoms with Gasteiger partial charge >= 0.3 is 0 Å². The molecule has 5 atom stereocenters. The van der Waals surface area contributed by atoms with E-state index < -0.39 is 11.7 Å². The molecule has 0 radical (unpaired) electrons. The molecule has 1 aliphatic heterocycles. The maximum atomic E-state index is 15.1. The zero-order chi connectivity index (χ0) is 16.4. The van der Waals surface area contributed by atoms with Crippen molar-refractivity contribution in [2.45, 2.75) is 69.6 Å². The highest BCUT2D eigenvalue weighted by molar-refractivity contribution is 5.83. The van der Waals surface area contributed by atoms with Crippen LogP contribution in [0.3, 0.4) is 0 Å². The minimum absolute atomic E-state index is 0.119. The molecular formula is C18H26FN3O. The Kier molecular flexibility index (Phi) is 3.29. The fraction of sp³-hybridized carbons (Fsp3) is 0.889. The van der Waals surface area contributed by atoms with E-state index >= 15 is 4.39 Å². The first-order valence-corrected chi connectivity index (χ1v) is 8.99. The molecule has 0 aromatic rings. The summed E-state index contributed by atoms with van der Waals surface area (Å²) in [4.78, 5) is 14.7. The van der Waals surface area contributed by atoms with Gasteiger partial charge in [0, 0.05) is 6.54 Å². The van der Waals surface area contributed by atoms with Crippen LogP contribution < -0.4 is 5.73 Å². The molecule has 126 valence electrons. The average Bonchev–Trinajstić information content (AvgIpc) is 2.84. The highest BCUT2D eigenvalue weighted by atomic mass is 19.1. The molecule has 4 bridgehead atoms. The van der Waals surface area contributed by atoms with E-state index in [0.29, 0.717) is 43.6 Å². The fourth-order valence-electron chi connectivity index (χ4n) is 6.44. The number of carbonyl (C=O) groups excluding carboxylic acids is 1. The van der Waals surface area contributed by atoms with Crippen LogP contribution in [0.1, 0.15) is 51.9 Å². The first-order valence-electron chi connectivity index (χ1n) is 8.99. The van der Waals surface area contributed by atoms with Crippen molar-refractivity contribution in [3.05, 3.63) is 0 Å². The Balaban J connectivity index is 1.58. The minimum Gasteiger partial charge on any atom is -0.325 e. The third-order valence-electron chi connectivity index (χ3n) is 6.90. The lowest BCUT2D eigenvalue weighted by molar-refractivity contribution is -0.155. The topological polar surface area (TPSA) is 70.1 Å². The van der Waals surface area contributed by atoms with Crippen LogP contribution in [0.15, 0.2) is 0 Å². The summed E-state index contributed by atoms with van der Waals surface area (Å²) in [6, 6.07) is 1.22. The van der Waals surface area contributed by atoms with Gasteiger partial charge in [0.1, 0.15) is 11.7 Å². The van der Waals surface area contributed by atoms with Gasteiger partial charge in [0.05, 0.1) is 12.1 Å². The van der Waals surface area contributed by atoms with Crippen LogP contribution in [0.5, 0.6) is 0 Å². The molecule has 5 aliphatic rings. The lowest BCUT2D eigenvalue weighted by atomic mass is 9.46. The van der Waals surface area contributed by atoms with Gasteiger partial charge in [-0.25, -0.2) is 4.39 Å². The third-order valence-corrected chi connectivity index (χ3v) is 6.90. The number of hydrogen-bond donors (Lipinski definition) is 1. The maximum Gasteiger partial charge on any atom is 0.241 e. The number of nitrogens with zero attached hydrogens (tertiary/aromatic N) is 2. The Morgan fingerprint density at radius 1 is 1.30 bits per heavy atom. The molecule has 1 heterocycles. The van der Waals surface area contributed by atoms with Crippen molar-refractivity contribution in [2.24, 2.45) is 28.9 Å². The van der Waals surface area contributed by atoms with Crippen LogP contribution in [0.25, 0.3) is 0 Å². The zero-order valence-corrected chi connectivity index (χ0v) is 13.8. The summed E-state index contributed by atoms with van der Waals surface area (Å²) in [6.07, 6.45) is 5.38. The molecule has 5 heteroatoms. The van der Waals surface area contributed by atoms with Crippen molar-refractivity contribution >= 4 is 5.91 Å². The minimum atomic E-state index is -1.10. The number of nitrogens with two attached hydrogens (primary N) is 1. The van der Waals surface area contributed by atoms with Gasteiger partial charge in [-0.3, -0.25) is 4.79 Å². The summed E-state index contributed by atoms with van der Waals surface area (Å²) in [7, 11) is 0. The summed E-state index contributed by atoms with van der Waals surface area (Å²) in [5, 5.41) is 9.32. The van der Waals surface area contributed by atoms with Crippen molar-refractivity contribution in [1.82, 2.24) is 4.90 Å². The maximum absolute atomic E-state index is 15.1. The molecule has 0 spiro atoms. The predicted molar refractivity (Wildman–Crippen MR) is 83.8 cm³/mol. The zero-order valence-electron chi connectivity index (χ0n) is 13.8. The van der Waals surface area contributed by atoms with Gasteiger partial charge in [-0.1, -0.05) is 6.92 Å². The van der Waals surface area contributed by atoms with Crippen LogP contribution in [-0.2, 0) is 4.79 Å². The Hall–Kier alpha value is -1.15. The fourth-order valence-corrected chi connectivity index (χ4v) is 6.44. The second kappa shape index (κ2) is 4.92. The molecule has 23 heavy (non-hydrogen) atoms. The lowest BCUT2D eigenvalue weighted by Crippen LogP contribution is -2.63. The summed E-state index contributed by atoms with van der Waals surface area (Å²) in [5.74, 6) is 1.000. The predicted octanol–water partition coefficient (Wildman–Crippen LogP) is 2.38. The summed E-state index contributed by atoms with van der Waals surface area (Å²) >= 11 is 0. The first kappa shape index (κ1) is 15.4. The molecule has 3 unspecified atom stereocenters. The standard InChI is InChI=1S/C18H26FN3O/c1-11-2-14(8-20)22(9-11)16(23)15(21)17-4-12-3-13(5-17)7-18(19,6-12)10-17/h11-15H,2-7,9-10,21H2,1H3/t11?,12?,13?,14-,15+,17?,18?/m0/s1. The largest absolute Gasteiger partial charge is 0.325 e. The molecule has 1 amide bonds. The average molecular weight is 319 g/mol. The number of rotatable bonds is 2. The lowest BCUT2D eigenvalue weighted by Gasteiger charge is -2.60. The van der Waals surface area contributed by atoms with Crippen molar-refractivity contribution in [3.8, 4) is 6.07 Å². The van der Waals surface area contributed by atoms with Crippen LogP contribution in [0, 0.1) is 34.5 Å². The van der Waals surface area contributed by atoms with Crippen molar-refractivity contribution in [1.29, 1.82) is 5.26 Å². The normalized spacial score (nSPS) is 49.2. The smallest absolute Gasteiger partial charge is 0.241 e. The quantitative estimate of drug-likeness (QED) is 0.849. The van der Waals surface area contributed by atoms with Crippen LogP contribution in [-0.4, -0.2) is 35.1 Å². The van der Waals surface area contributed by atoms with E-state index in [-0.39, 0.29) is 17.4 Å². The van der Waals surface area contributed by atoms with E-state index in [0.717, 1.165) is 25.7 Å². The number of halogens is 1. The molecule has 1 saturated heterocycles. The van der Waals surface area contributed by atoms with Crippen LogP contribution in [0.2, 0.25) is 0 Å². The molecule has 4 nitrogen and oxygen atoms in total. The van der Waals surface area contributed by atoms with Gasteiger partial charge in [0.2, 0.25) is 5.91 Å². The number of likely N-dealkylation sites (tertiary alicyclic amines) is 1. The van der Waals surface area contributed by atoms with E-state index in [9.17, 15) is 10.1 Å². The van der Waals surface area contributed by atoms with E-state index in [1.54, 1.807) is 4.90 Å². The molecule has 4 aliphatic carbocycles. The van der Waals surface area contributed by atoms with Gasteiger partial charge in [0.25, 0.3) is 0 Å². The van der Waals surface area contributed by atoms with Crippen molar-refractivity contribution in [3.63, 3.8) is 0 Å². The van der Waals surface area contributed by atoms with Crippen molar-refractivity contribution < 1.29 is 9.18 Å². The molecular weight excluding hydrogens is 293 g/mol. The SMILES string of the molecule is CC1C[C@@H](C#N)N(C(=O)[C@@H](N)C23CC4CC(CC(F)(C4)C2)C3)C1. The highest BCUT2D eigenvalue weighted by Crippen LogP contribution is 2.64. The third kappa shape index (κ3) is 2.29. The molecule has 0 aromatic carbocycles. The van der Waals surface area contributed by atoms with Crippen molar-refractivity contribution in [2.75, 3.05) is 6.54 Å². The summed E-state index contributed by atoms with van der Waals surface area (Å²) < 4.78 is 15.1. The van der Waals surface area contributed by atoms with Crippen LogP contribution in [0.4, 0.5) is 4.39 Å². The monoisotopic (exact) mass is 319 g/mol. The second-order valence-corrected chi connectivity index (χ2v) is 8.93. The number of nitriles is 1. The Morgan fingerprint density at radius 3 is 2.52 bits per heavy atom. The van der Waals surface area contributed by atoms with Gasteiger partial charge in [-0.2, -0.15) is 5.26 Å². The Bertz CT molecular complexity index is 557.